The fraction of sp³-hybridized carbons (Fsp3) is 0.444. The van der Waals surface area contributed by atoms with Gasteiger partial charge in [0.05, 0.1) is 36.2 Å². The first-order valence-electron chi connectivity index (χ1n) is 26.1. The molecule has 6 aliphatic rings. The molecule has 11 rings (SSSR count). The number of carbonyl (C=O) groups is 5. The van der Waals surface area contributed by atoms with Crippen molar-refractivity contribution < 1.29 is 52.7 Å². The minimum absolute atomic E-state index is 0.111. The number of nitrogens with zero attached hydrogens (tertiary/aromatic N) is 10. The number of piperazine rings is 1. The number of phosphoric ester groups is 1. The van der Waals surface area contributed by atoms with E-state index < -0.39 is 50.3 Å². The first-order valence-corrected chi connectivity index (χ1v) is 27.6. The number of carbonyl (C=O) groups excluding carboxylic acids is 5. The Morgan fingerprint density at radius 2 is 1.60 bits per heavy atom. The number of anilines is 5. The molecule has 0 spiro atoms. The highest BCUT2D eigenvalue weighted by atomic mass is 31.2. The smallest absolute Gasteiger partial charge is 0.471 e. The third kappa shape index (κ3) is 9.75. The number of amides is 5. The Morgan fingerprint density at radius 3 is 2.31 bits per heavy atom. The number of methoxy groups -OCH3 is 1. The van der Waals surface area contributed by atoms with Crippen molar-refractivity contribution in [2.24, 2.45) is 5.41 Å². The summed E-state index contributed by atoms with van der Waals surface area (Å²) in [5.74, 6) is -1.76. The molecule has 22 nitrogen and oxygen atoms in total. The molecule has 77 heavy (non-hydrogen) atoms. The fourth-order valence-corrected chi connectivity index (χ4v) is 12.6. The first-order chi connectivity index (χ1) is 36.8. The number of ether oxygens (including phenoxy) is 1. The molecule has 0 radical (unpaired) electrons. The van der Waals surface area contributed by atoms with Gasteiger partial charge >= 0.3 is 7.82 Å². The van der Waals surface area contributed by atoms with Gasteiger partial charge in [0.15, 0.2) is 0 Å². The van der Waals surface area contributed by atoms with E-state index >= 15 is 0 Å². The van der Waals surface area contributed by atoms with Crippen LogP contribution >= 0.6 is 7.82 Å². The number of piperidine rings is 2. The van der Waals surface area contributed by atoms with Gasteiger partial charge in [-0.05, 0) is 111 Å². The number of phosphoric acid groups is 1. The van der Waals surface area contributed by atoms with Gasteiger partial charge in [0.1, 0.15) is 35.8 Å². The molecule has 3 fully saturated rings. The van der Waals surface area contributed by atoms with Crippen LogP contribution in [0.3, 0.4) is 0 Å². The first kappa shape index (κ1) is 52.0. The number of hydrogen-bond donors (Lipinski definition) is 4. The summed E-state index contributed by atoms with van der Waals surface area (Å²) in [6, 6.07) is 14.0. The summed E-state index contributed by atoms with van der Waals surface area (Å²) in [7, 11) is -3.45. The van der Waals surface area contributed by atoms with E-state index in [1.165, 1.54) is 11.3 Å². The van der Waals surface area contributed by atoms with Crippen molar-refractivity contribution in [1.82, 2.24) is 34.2 Å². The maximum atomic E-state index is 14.1. The monoisotopic (exact) mass is 1070 g/mol. The van der Waals surface area contributed by atoms with Crippen LogP contribution in [0.1, 0.15) is 108 Å². The highest BCUT2D eigenvalue weighted by molar-refractivity contribution is 7.46. The number of aliphatic hydroxyl groups is 1. The van der Waals surface area contributed by atoms with E-state index in [1.54, 1.807) is 49.5 Å². The number of hydrogen-bond acceptors (Lipinski definition) is 16. The molecule has 3 saturated heterocycles. The van der Waals surface area contributed by atoms with Crippen LogP contribution in [0.4, 0.5) is 28.7 Å². The second kappa shape index (κ2) is 20.1. The minimum atomic E-state index is -5.01. The molecule has 4 N–H and O–H groups in total. The summed E-state index contributed by atoms with van der Waals surface area (Å²) in [6.45, 7) is 12.5. The molecule has 5 aliphatic heterocycles. The van der Waals surface area contributed by atoms with Gasteiger partial charge < -0.3 is 39.3 Å². The summed E-state index contributed by atoms with van der Waals surface area (Å²) in [6.07, 6.45) is 7.58. The second-order valence-electron chi connectivity index (χ2n) is 21.6. The molecule has 1 aromatic carbocycles. The Hall–Kier alpha value is -7.07. The van der Waals surface area contributed by atoms with Gasteiger partial charge in [-0.1, -0.05) is 13.8 Å². The van der Waals surface area contributed by atoms with Crippen LogP contribution in [0, 0.1) is 5.41 Å². The van der Waals surface area contributed by atoms with Gasteiger partial charge in [0, 0.05) is 99.2 Å². The SMILES string of the molecule is COc1ncc(-c2ccnc(N3CCn4c(cc5c4CC(C)(C)C5)C3=O)c2C(C)O)cc1Nc1ccc(N2CCN(C3CCN(c4ccc5c(c4)C(=O)N([C@H]4CCC(=O)N(COP(=O)(O)O)C4=O)C5=O)CC3)C[C@@H]2C)cn1. The molecule has 1 unspecified atom stereocenters. The van der Waals surface area contributed by atoms with Crippen molar-refractivity contribution in [2.75, 3.05) is 73.1 Å². The van der Waals surface area contributed by atoms with Crippen molar-refractivity contribution in [3.63, 3.8) is 0 Å². The number of aromatic nitrogens is 4. The molecule has 0 saturated carbocycles. The molecule has 5 aromatic rings. The molecular weight excluding hydrogens is 1010 g/mol. The molecule has 4 aromatic heterocycles. The number of benzene rings is 1. The standard InChI is InChI=1S/C54H62N11O11P/c1-31-29-60(35-13-16-59(17-14-35)36-6-8-39-40(24-36)51(69)65(50(39)68)42-9-11-46(67)64(52(42)70)30-76-77(72,73)74)18-19-61(31)37-7-10-45(56-28-37)58-41-22-34(27-57-49(41)75-5)38-12-15-55-48(47(38)32(2)66)63-21-20-62-43(53(63)71)23-33-25-54(3,4)26-44(33)62/h6-8,10,12,15,22-24,27-28,31-32,35,42,66H,9,11,13-14,16-21,25-26,29-30H2,1-5H3,(H,56,58)(H2,72,73,74)/t31-,32?,42-/m0/s1. The average Bonchev–Trinajstić information content (AvgIpc) is 4.01. The summed E-state index contributed by atoms with van der Waals surface area (Å²) in [5.41, 5.74) is 7.87. The zero-order chi connectivity index (χ0) is 54.2. The predicted molar refractivity (Wildman–Crippen MR) is 283 cm³/mol. The third-order valence-corrected chi connectivity index (χ3v) is 16.5. The Kier molecular flexibility index (Phi) is 13.5. The lowest BCUT2D eigenvalue weighted by molar-refractivity contribution is -0.155. The number of likely N-dealkylation sites (tertiary alicyclic amines) is 1. The Morgan fingerprint density at radius 1 is 0.831 bits per heavy atom. The molecule has 1 aliphatic carbocycles. The number of fused-ring (bicyclic) bond motifs is 4. The van der Waals surface area contributed by atoms with Gasteiger partial charge in [-0.15, -0.1) is 0 Å². The van der Waals surface area contributed by atoms with E-state index in [-0.39, 0.29) is 41.3 Å². The molecule has 5 amide bonds. The fourth-order valence-electron chi connectivity index (χ4n) is 12.3. The third-order valence-electron chi connectivity index (χ3n) is 16.0. The lowest BCUT2D eigenvalue weighted by atomic mass is 9.90. The summed E-state index contributed by atoms with van der Waals surface area (Å²) in [5, 5.41) is 14.7. The Balaban J connectivity index is 0.708. The van der Waals surface area contributed by atoms with Gasteiger partial charge in [-0.3, -0.25) is 48.1 Å². The van der Waals surface area contributed by atoms with E-state index in [9.17, 15) is 33.6 Å². The van der Waals surface area contributed by atoms with Gasteiger partial charge in [0.2, 0.25) is 11.8 Å². The maximum absolute atomic E-state index is 14.1. The second-order valence-corrected chi connectivity index (χ2v) is 22.9. The largest absolute Gasteiger partial charge is 0.480 e. The topological polar surface area (TPSA) is 257 Å². The number of aliphatic hydroxyl groups excluding tert-OH is 1. The molecule has 0 bridgehead atoms. The molecule has 23 heteroatoms. The number of imide groups is 2. The van der Waals surface area contributed by atoms with Crippen LogP contribution in [0.5, 0.6) is 5.88 Å². The summed E-state index contributed by atoms with van der Waals surface area (Å²) < 4.78 is 23.5. The van der Waals surface area contributed by atoms with Crippen LogP contribution in [-0.4, -0.2) is 150 Å². The number of rotatable bonds is 13. The van der Waals surface area contributed by atoms with E-state index in [2.05, 4.69) is 59.8 Å². The van der Waals surface area contributed by atoms with Crippen molar-refractivity contribution in [1.29, 1.82) is 0 Å². The van der Waals surface area contributed by atoms with Crippen LogP contribution in [0.25, 0.3) is 11.1 Å². The Labute approximate surface area is 444 Å². The summed E-state index contributed by atoms with van der Waals surface area (Å²) >= 11 is 0. The van der Waals surface area contributed by atoms with Gasteiger partial charge in [-0.25, -0.2) is 19.5 Å². The number of pyridine rings is 3. The van der Waals surface area contributed by atoms with E-state index in [0.29, 0.717) is 69.6 Å². The lowest BCUT2D eigenvalue weighted by Crippen LogP contribution is -2.57. The normalized spacial score (nSPS) is 21.5. The van der Waals surface area contributed by atoms with Gasteiger partial charge in [0.25, 0.3) is 23.6 Å². The molecule has 3 atom stereocenters. The minimum Gasteiger partial charge on any atom is -0.480 e. The maximum Gasteiger partial charge on any atom is 0.471 e. The van der Waals surface area contributed by atoms with Crippen LogP contribution in [-0.2, 0) is 38.1 Å². The molecular formula is C54H62N11O11P. The quantitative estimate of drug-likeness (QED) is 0.0863. The summed E-state index contributed by atoms with van der Waals surface area (Å²) in [4.78, 5) is 110. The molecule has 404 valence electrons. The van der Waals surface area contributed by atoms with Crippen molar-refractivity contribution in [3.05, 3.63) is 101 Å². The van der Waals surface area contributed by atoms with E-state index in [0.717, 1.165) is 74.7 Å². The average molecular weight is 1070 g/mol. The predicted octanol–water partition coefficient (Wildman–Crippen LogP) is 5.29. The van der Waals surface area contributed by atoms with Crippen molar-refractivity contribution in [2.45, 2.75) is 97.0 Å². The number of nitrogens with one attached hydrogen (secondary N) is 1. The van der Waals surface area contributed by atoms with Gasteiger partial charge in [-0.2, -0.15) is 0 Å². The van der Waals surface area contributed by atoms with Crippen molar-refractivity contribution >= 4 is 66.1 Å². The zero-order valence-corrected chi connectivity index (χ0v) is 44.5. The van der Waals surface area contributed by atoms with E-state index in [1.807, 2.05) is 36.5 Å². The highest BCUT2D eigenvalue weighted by Crippen LogP contribution is 2.43. The van der Waals surface area contributed by atoms with Crippen LogP contribution in [0.2, 0.25) is 0 Å². The van der Waals surface area contributed by atoms with E-state index in [4.69, 9.17) is 19.5 Å². The molecule has 9 heterocycles. The Bertz CT molecular complexity index is 3260. The highest BCUT2D eigenvalue weighted by Gasteiger charge is 2.48. The lowest BCUT2D eigenvalue weighted by Gasteiger charge is -2.46. The zero-order valence-electron chi connectivity index (χ0n) is 43.6. The van der Waals surface area contributed by atoms with Crippen LogP contribution in [0.15, 0.2) is 67.1 Å². The van der Waals surface area contributed by atoms with Crippen LogP contribution < -0.4 is 24.8 Å². The van der Waals surface area contributed by atoms with Crippen molar-refractivity contribution in [3.8, 4) is 17.0 Å².